The van der Waals surface area contributed by atoms with Gasteiger partial charge in [0.1, 0.15) is 0 Å². The van der Waals surface area contributed by atoms with Gasteiger partial charge in [-0.1, -0.05) is 0 Å². The number of imidazole rings is 1. The molecule has 1 atom stereocenters. The van der Waals surface area contributed by atoms with Gasteiger partial charge in [-0.2, -0.15) is 0 Å². The van der Waals surface area contributed by atoms with Gasteiger partial charge in [-0.3, -0.25) is 9.69 Å². The molecule has 0 aromatic carbocycles. The smallest absolute Gasteiger partial charge is 0.219 e. The SMILES string of the molecule is CC(=O)N(C)C1CCOC2(CCN(Cc3cn(C)cn3)CC2)C1. The minimum absolute atomic E-state index is 0.0345. The third kappa shape index (κ3) is 3.75. The molecular weight excluding hydrogens is 292 g/mol. The summed E-state index contributed by atoms with van der Waals surface area (Å²) < 4.78 is 8.18. The summed E-state index contributed by atoms with van der Waals surface area (Å²) in [5, 5.41) is 0. The van der Waals surface area contributed by atoms with Crippen LogP contribution in [0.2, 0.25) is 0 Å². The number of hydrogen-bond donors (Lipinski definition) is 0. The van der Waals surface area contributed by atoms with Gasteiger partial charge in [0, 0.05) is 59.5 Å². The molecular formula is C17H28N4O2. The molecule has 1 aromatic heterocycles. The normalized spacial score (nSPS) is 24.7. The van der Waals surface area contributed by atoms with E-state index in [0.29, 0.717) is 6.04 Å². The van der Waals surface area contributed by atoms with Crippen LogP contribution in [0, 0.1) is 0 Å². The Labute approximate surface area is 138 Å². The molecule has 2 aliphatic heterocycles. The lowest BCUT2D eigenvalue weighted by Gasteiger charge is -2.47. The first-order valence-corrected chi connectivity index (χ1v) is 8.54. The number of nitrogens with zero attached hydrogens (tertiary/aromatic N) is 4. The Morgan fingerprint density at radius 1 is 1.48 bits per heavy atom. The third-order valence-corrected chi connectivity index (χ3v) is 5.42. The maximum Gasteiger partial charge on any atom is 0.219 e. The number of rotatable bonds is 3. The molecule has 2 aliphatic rings. The van der Waals surface area contributed by atoms with Crippen LogP contribution in [0.3, 0.4) is 0 Å². The summed E-state index contributed by atoms with van der Waals surface area (Å²) in [5.74, 6) is 0.152. The topological polar surface area (TPSA) is 50.6 Å². The second-order valence-electron chi connectivity index (χ2n) is 7.11. The van der Waals surface area contributed by atoms with E-state index < -0.39 is 0 Å². The summed E-state index contributed by atoms with van der Waals surface area (Å²) in [7, 11) is 3.92. The monoisotopic (exact) mass is 320 g/mol. The zero-order valence-electron chi connectivity index (χ0n) is 14.5. The molecule has 23 heavy (non-hydrogen) atoms. The first-order valence-electron chi connectivity index (χ1n) is 8.54. The number of carbonyl (C=O) groups excluding carboxylic acids is 1. The molecule has 3 rings (SSSR count). The third-order valence-electron chi connectivity index (χ3n) is 5.42. The van der Waals surface area contributed by atoms with Crippen molar-refractivity contribution in [1.82, 2.24) is 19.4 Å². The average molecular weight is 320 g/mol. The highest BCUT2D eigenvalue weighted by molar-refractivity contribution is 5.73. The van der Waals surface area contributed by atoms with Crippen molar-refractivity contribution >= 4 is 5.91 Å². The molecule has 1 amide bonds. The average Bonchev–Trinajstić information content (AvgIpc) is 2.94. The molecule has 6 heteroatoms. The Hall–Kier alpha value is -1.40. The maximum atomic E-state index is 11.6. The predicted octanol–water partition coefficient (Wildman–Crippen LogP) is 1.41. The number of ether oxygens (including phenoxy) is 1. The van der Waals surface area contributed by atoms with E-state index in [1.165, 1.54) is 0 Å². The van der Waals surface area contributed by atoms with E-state index in [-0.39, 0.29) is 11.5 Å². The van der Waals surface area contributed by atoms with Crippen molar-refractivity contribution < 1.29 is 9.53 Å². The van der Waals surface area contributed by atoms with E-state index in [4.69, 9.17) is 4.74 Å². The van der Waals surface area contributed by atoms with Crippen molar-refractivity contribution in [2.45, 2.75) is 50.8 Å². The van der Waals surface area contributed by atoms with Gasteiger partial charge in [-0.15, -0.1) is 0 Å². The Kier molecular flexibility index (Phi) is 4.73. The molecule has 1 spiro atoms. The Morgan fingerprint density at radius 3 is 2.83 bits per heavy atom. The molecule has 6 nitrogen and oxygen atoms in total. The highest BCUT2D eigenvalue weighted by Crippen LogP contribution is 2.36. The van der Waals surface area contributed by atoms with E-state index in [9.17, 15) is 4.79 Å². The molecule has 1 unspecified atom stereocenters. The molecule has 3 heterocycles. The fraction of sp³-hybridized carbons (Fsp3) is 0.765. The van der Waals surface area contributed by atoms with Gasteiger partial charge in [-0.25, -0.2) is 4.98 Å². The number of carbonyl (C=O) groups is 1. The molecule has 2 fully saturated rings. The Bertz CT molecular complexity index is 549. The number of likely N-dealkylation sites (tertiary alicyclic amines) is 1. The van der Waals surface area contributed by atoms with Crippen molar-refractivity contribution in [3.8, 4) is 0 Å². The zero-order valence-corrected chi connectivity index (χ0v) is 14.5. The van der Waals surface area contributed by atoms with Crippen LogP contribution >= 0.6 is 0 Å². The zero-order chi connectivity index (χ0) is 16.4. The van der Waals surface area contributed by atoms with Gasteiger partial charge >= 0.3 is 0 Å². The minimum Gasteiger partial charge on any atom is -0.375 e. The quantitative estimate of drug-likeness (QED) is 0.845. The van der Waals surface area contributed by atoms with Gasteiger partial charge in [0.25, 0.3) is 0 Å². The van der Waals surface area contributed by atoms with Gasteiger partial charge < -0.3 is 14.2 Å². The summed E-state index contributed by atoms with van der Waals surface area (Å²) in [6, 6.07) is 0.323. The number of piperidine rings is 1. The number of hydrogen-bond acceptors (Lipinski definition) is 4. The van der Waals surface area contributed by atoms with Gasteiger partial charge in [0.05, 0.1) is 17.6 Å². The fourth-order valence-electron chi connectivity index (χ4n) is 3.83. The number of amides is 1. The van der Waals surface area contributed by atoms with Crippen LogP contribution < -0.4 is 0 Å². The van der Waals surface area contributed by atoms with Crippen molar-refractivity contribution in [2.75, 3.05) is 26.7 Å². The van der Waals surface area contributed by atoms with Crippen molar-refractivity contribution in [1.29, 1.82) is 0 Å². The Morgan fingerprint density at radius 2 is 2.22 bits per heavy atom. The standard InChI is InChI=1S/C17H28N4O2/c1-14(22)20(3)16-4-9-23-17(10-16)5-7-21(8-6-17)12-15-11-19(2)13-18-15/h11,13,16H,4-10,12H2,1-3H3. The van der Waals surface area contributed by atoms with Crippen LogP contribution in [-0.2, 0) is 23.1 Å². The number of aryl methyl sites for hydroxylation is 1. The van der Waals surface area contributed by atoms with Crippen LogP contribution in [0.25, 0.3) is 0 Å². The fourth-order valence-corrected chi connectivity index (χ4v) is 3.83. The molecule has 1 aromatic rings. The highest BCUT2D eigenvalue weighted by atomic mass is 16.5. The maximum absolute atomic E-state index is 11.6. The number of aromatic nitrogens is 2. The van der Waals surface area contributed by atoms with Crippen LogP contribution in [0.1, 0.15) is 38.3 Å². The molecule has 0 N–H and O–H groups in total. The van der Waals surface area contributed by atoms with Crippen LogP contribution in [0.4, 0.5) is 0 Å². The molecule has 0 aliphatic carbocycles. The molecule has 0 radical (unpaired) electrons. The predicted molar refractivity (Wildman–Crippen MR) is 87.9 cm³/mol. The minimum atomic E-state index is -0.0345. The van der Waals surface area contributed by atoms with E-state index >= 15 is 0 Å². The van der Waals surface area contributed by atoms with E-state index in [1.807, 2.05) is 29.9 Å². The van der Waals surface area contributed by atoms with E-state index in [1.54, 1.807) is 6.92 Å². The molecule has 0 bridgehead atoms. The summed E-state index contributed by atoms with van der Waals surface area (Å²) in [4.78, 5) is 20.4. The van der Waals surface area contributed by atoms with Crippen molar-refractivity contribution in [3.05, 3.63) is 18.2 Å². The van der Waals surface area contributed by atoms with Crippen LogP contribution in [0.5, 0.6) is 0 Å². The van der Waals surface area contributed by atoms with E-state index in [0.717, 1.165) is 57.6 Å². The first-order chi connectivity index (χ1) is 11.0. The van der Waals surface area contributed by atoms with Crippen molar-refractivity contribution in [2.24, 2.45) is 7.05 Å². The second-order valence-corrected chi connectivity index (χ2v) is 7.11. The van der Waals surface area contributed by atoms with Gasteiger partial charge in [0.2, 0.25) is 5.91 Å². The largest absolute Gasteiger partial charge is 0.375 e. The van der Waals surface area contributed by atoms with E-state index in [2.05, 4.69) is 16.1 Å². The summed E-state index contributed by atoms with van der Waals surface area (Å²) in [6.07, 6.45) is 7.95. The lowest BCUT2D eigenvalue weighted by atomic mass is 9.82. The highest BCUT2D eigenvalue weighted by Gasteiger charge is 2.41. The molecule has 0 saturated carbocycles. The lowest BCUT2D eigenvalue weighted by molar-refractivity contribution is -0.147. The van der Waals surface area contributed by atoms with Crippen LogP contribution in [0.15, 0.2) is 12.5 Å². The van der Waals surface area contributed by atoms with Gasteiger partial charge in [0.15, 0.2) is 0 Å². The first kappa shape index (κ1) is 16.5. The molecule has 2 saturated heterocycles. The van der Waals surface area contributed by atoms with Crippen molar-refractivity contribution in [3.63, 3.8) is 0 Å². The lowest BCUT2D eigenvalue weighted by Crippen LogP contribution is -2.53. The summed E-state index contributed by atoms with van der Waals surface area (Å²) >= 11 is 0. The van der Waals surface area contributed by atoms with Gasteiger partial charge in [-0.05, 0) is 25.7 Å². The van der Waals surface area contributed by atoms with Crippen LogP contribution in [-0.4, -0.2) is 63.6 Å². The molecule has 128 valence electrons. The summed E-state index contributed by atoms with van der Waals surface area (Å²) in [5.41, 5.74) is 1.09. The summed E-state index contributed by atoms with van der Waals surface area (Å²) in [6.45, 7) is 5.40. The Balaban J connectivity index is 1.55. The second kappa shape index (κ2) is 6.61.